The van der Waals surface area contributed by atoms with Crippen molar-refractivity contribution < 1.29 is 9.53 Å². The topological polar surface area (TPSA) is 42.4 Å². The van der Waals surface area contributed by atoms with Gasteiger partial charge in [0, 0.05) is 13.2 Å². The zero-order valence-electron chi connectivity index (χ0n) is 10.6. The first kappa shape index (κ1) is 13.4. The predicted molar refractivity (Wildman–Crippen MR) is 75.0 cm³/mol. The molecule has 0 N–H and O–H groups in total. The number of para-hydroxylation sites is 2. The first-order valence-corrected chi connectivity index (χ1v) is 6.04. The summed E-state index contributed by atoms with van der Waals surface area (Å²) in [5, 5.41) is 0.358. The molecule has 5 heteroatoms. The van der Waals surface area contributed by atoms with E-state index < -0.39 is 0 Å². The maximum absolute atomic E-state index is 12.3. The molecule has 1 heterocycles. The van der Waals surface area contributed by atoms with Gasteiger partial charge in [0.2, 0.25) is 0 Å². The van der Waals surface area contributed by atoms with Gasteiger partial charge in [0.1, 0.15) is 10.9 Å². The molecule has 0 fully saturated rings. The van der Waals surface area contributed by atoms with E-state index in [1.807, 2.05) is 18.2 Å². The molecule has 1 amide bonds. The fourth-order valence-electron chi connectivity index (χ4n) is 1.71. The van der Waals surface area contributed by atoms with Gasteiger partial charge in [0.25, 0.3) is 5.91 Å². The lowest BCUT2D eigenvalue weighted by Crippen LogP contribution is -2.26. The molecule has 98 valence electrons. The van der Waals surface area contributed by atoms with Crippen LogP contribution in [0.15, 0.2) is 42.6 Å². The molecule has 0 saturated carbocycles. The summed E-state index contributed by atoms with van der Waals surface area (Å²) in [4.78, 5) is 17.7. The van der Waals surface area contributed by atoms with Crippen LogP contribution in [-0.2, 0) is 0 Å². The molecule has 0 aliphatic heterocycles. The van der Waals surface area contributed by atoms with E-state index in [-0.39, 0.29) is 5.91 Å². The Morgan fingerprint density at radius 2 is 2.00 bits per heavy atom. The van der Waals surface area contributed by atoms with Gasteiger partial charge in [-0.25, -0.2) is 4.98 Å². The lowest BCUT2D eigenvalue weighted by Gasteiger charge is -2.19. The van der Waals surface area contributed by atoms with E-state index >= 15 is 0 Å². The van der Waals surface area contributed by atoms with Crippen molar-refractivity contribution in [2.45, 2.75) is 0 Å². The normalized spacial score (nSPS) is 10.1. The zero-order valence-corrected chi connectivity index (χ0v) is 11.4. The van der Waals surface area contributed by atoms with E-state index in [0.29, 0.717) is 22.2 Å². The maximum Gasteiger partial charge on any atom is 0.259 e. The number of carbonyl (C=O) groups is 1. The first-order chi connectivity index (χ1) is 9.13. The minimum absolute atomic E-state index is 0.173. The van der Waals surface area contributed by atoms with Crippen LogP contribution in [0.2, 0.25) is 5.15 Å². The Hall–Kier alpha value is -2.07. The van der Waals surface area contributed by atoms with Crippen molar-refractivity contribution in [2.75, 3.05) is 19.1 Å². The van der Waals surface area contributed by atoms with Crippen molar-refractivity contribution in [3.63, 3.8) is 0 Å². The Labute approximate surface area is 116 Å². The molecule has 4 nitrogen and oxygen atoms in total. The monoisotopic (exact) mass is 276 g/mol. The van der Waals surface area contributed by atoms with Crippen LogP contribution in [0.1, 0.15) is 10.4 Å². The molecule has 1 aromatic heterocycles. The Morgan fingerprint density at radius 1 is 1.26 bits per heavy atom. The second-order valence-corrected chi connectivity index (χ2v) is 4.29. The Kier molecular flexibility index (Phi) is 4.02. The third kappa shape index (κ3) is 2.85. The van der Waals surface area contributed by atoms with Gasteiger partial charge in [0.05, 0.1) is 18.4 Å². The van der Waals surface area contributed by atoms with Gasteiger partial charge in [0.15, 0.2) is 0 Å². The molecule has 0 radical (unpaired) electrons. The van der Waals surface area contributed by atoms with E-state index in [4.69, 9.17) is 16.3 Å². The zero-order chi connectivity index (χ0) is 13.8. The highest BCUT2D eigenvalue weighted by Crippen LogP contribution is 2.27. The van der Waals surface area contributed by atoms with Gasteiger partial charge < -0.3 is 9.64 Å². The summed E-state index contributed by atoms with van der Waals surface area (Å²) in [6.45, 7) is 0. The number of ether oxygens (including phenoxy) is 1. The number of pyridine rings is 1. The highest BCUT2D eigenvalue weighted by molar-refractivity contribution is 6.29. The smallest absolute Gasteiger partial charge is 0.259 e. The lowest BCUT2D eigenvalue weighted by atomic mass is 10.2. The molecule has 2 rings (SSSR count). The lowest BCUT2D eigenvalue weighted by molar-refractivity contribution is 0.0992. The van der Waals surface area contributed by atoms with E-state index in [1.165, 1.54) is 11.1 Å². The molecule has 0 atom stereocenters. The SMILES string of the molecule is COc1ccccc1N(C)C(=O)c1ccc(Cl)nc1. The summed E-state index contributed by atoms with van der Waals surface area (Å²) >= 11 is 5.70. The van der Waals surface area contributed by atoms with Crippen LogP contribution in [0.5, 0.6) is 5.75 Å². The van der Waals surface area contributed by atoms with Gasteiger partial charge in [-0.3, -0.25) is 4.79 Å². The van der Waals surface area contributed by atoms with Crippen molar-refractivity contribution in [2.24, 2.45) is 0 Å². The van der Waals surface area contributed by atoms with E-state index in [2.05, 4.69) is 4.98 Å². The second kappa shape index (κ2) is 5.71. The number of methoxy groups -OCH3 is 1. The number of rotatable bonds is 3. The van der Waals surface area contributed by atoms with Crippen molar-refractivity contribution >= 4 is 23.2 Å². The Morgan fingerprint density at radius 3 is 2.63 bits per heavy atom. The number of hydrogen-bond donors (Lipinski definition) is 0. The van der Waals surface area contributed by atoms with Gasteiger partial charge in [-0.15, -0.1) is 0 Å². The molecule has 0 saturated heterocycles. The van der Waals surface area contributed by atoms with Gasteiger partial charge in [-0.1, -0.05) is 23.7 Å². The molecular formula is C14H13ClN2O2. The van der Waals surface area contributed by atoms with Crippen LogP contribution < -0.4 is 9.64 Å². The van der Waals surface area contributed by atoms with Crippen LogP contribution in [-0.4, -0.2) is 25.0 Å². The number of amides is 1. The van der Waals surface area contributed by atoms with Crippen molar-refractivity contribution in [1.82, 2.24) is 4.98 Å². The molecule has 1 aromatic carbocycles. The van der Waals surface area contributed by atoms with Crippen molar-refractivity contribution in [3.05, 3.63) is 53.3 Å². The summed E-state index contributed by atoms with van der Waals surface area (Å²) < 4.78 is 5.24. The first-order valence-electron chi connectivity index (χ1n) is 5.66. The average molecular weight is 277 g/mol. The molecule has 0 spiro atoms. The van der Waals surface area contributed by atoms with Crippen molar-refractivity contribution in [1.29, 1.82) is 0 Å². The minimum atomic E-state index is -0.173. The summed E-state index contributed by atoms with van der Waals surface area (Å²) in [6, 6.07) is 10.6. The summed E-state index contributed by atoms with van der Waals surface area (Å²) in [7, 11) is 3.26. The standard InChI is InChI=1S/C14H13ClN2O2/c1-17(11-5-3-4-6-12(11)19-2)14(18)10-7-8-13(15)16-9-10/h3-9H,1-2H3. The van der Waals surface area contributed by atoms with Crippen molar-refractivity contribution in [3.8, 4) is 5.75 Å². The summed E-state index contributed by atoms with van der Waals surface area (Å²) in [5.41, 5.74) is 1.17. The number of nitrogens with zero attached hydrogens (tertiary/aromatic N) is 2. The number of benzene rings is 1. The largest absolute Gasteiger partial charge is 0.495 e. The average Bonchev–Trinajstić information content (AvgIpc) is 2.46. The molecule has 2 aromatic rings. The number of anilines is 1. The van der Waals surface area contributed by atoms with Crippen LogP contribution in [0.25, 0.3) is 0 Å². The molecule has 0 bridgehead atoms. The molecule has 0 unspecified atom stereocenters. The quantitative estimate of drug-likeness (QED) is 0.809. The van der Waals surface area contributed by atoms with Gasteiger partial charge in [-0.05, 0) is 24.3 Å². The highest BCUT2D eigenvalue weighted by Gasteiger charge is 2.16. The number of carbonyl (C=O) groups excluding carboxylic acids is 1. The van der Waals surface area contributed by atoms with E-state index in [9.17, 15) is 4.79 Å². The molecule has 0 aliphatic carbocycles. The molecule has 0 aliphatic rings. The summed E-state index contributed by atoms with van der Waals surface area (Å²) in [5.74, 6) is 0.467. The van der Waals surface area contributed by atoms with Gasteiger partial charge in [-0.2, -0.15) is 0 Å². The fraction of sp³-hybridized carbons (Fsp3) is 0.143. The second-order valence-electron chi connectivity index (χ2n) is 3.91. The Bertz CT molecular complexity index is 584. The van der Waals surface area contributed by atoms with Gasteiger partial charge >= 0.3 is 0 Å². The predicted octanol–water partition coefficient (Wildman–Crippen LogP) is 3.02. The number of halogens is 1. The molecule has 19 heavy (non-hydrogen) atoms. The van der Waals surface area contributed by atoms with E-state index in [1.54, 1.807) is 32.4 Å². The molecular weight excluding hydrogens is 264 g/mol. The number of aromatic nitrogens is 1. The maximum atomic E-state index is 12.3. The summed E-state index contributed by atoms with van der Waals surface area (Å²) in [6.07, 6.45) is 1.45. The third-order valence-electron chi connectivity index (χ3n) is 2.73. The van der Waals surface area contributed by atoms with Crippen LogP contribution in [0.4, 0.5) is 5.69 Å². The fourth-order valence-corrected chi connectivity index (χ4v) is 1.82. The van der Waals surface area contributed by atoms with E-state index in [0.717, 1.165) is 0 Å². The number of hydrogen-bond acceptors (Lipinski definition) is 3. The van der Waals surface area contributed by atoms with Crippen LogP contribution >= 0.6 is 11.6 Å². The minimum Gasteiger partial charge on any atom is -0.495 e. The Balaban J connectivity index is 2.30. The van der Waals surface area contributed by atoms with Crippen LogP contribution in [0.3, 0.4) is 0 Å². The highest BCUT2D eigenvalue weighted by atomic mass is 35.5. The van der Waals surface area contributed by atoms with Crippen LogP contribution in [0, 0.1) is 0 Å². The third-order valence-corrected chi connectivity index (χ3v) is 2.95.